The van der Waals surface area contributed by atoms with E-state index in [4.69, 9.17) is 9.47 Å². The zero-order valence-corrected chi connectivity index (χ0v) is 10.9. The Hall–Kier alpha value is -1.36. The van der Waals surface area contributed by atoms with Crippen molar-refractivity contribution in [1.29, 1.82) is 0 Å². The number of rotatable bonds is 5. The molecule has 0 aliphatic heterocycles. The summed E-state index contributed by atoms with van der Waals surface area (Å²) in [5.41, 5.74) is 0. The van der Waals surface area contributed by atoms with Crippen LogP contribution in [0, 0.1) is 5.82 Å². The highest BCUT2D eigenvalue weighted by Gasteiger charge is 2.00. The normalized spacial score (nSPS) is 10.5. The lowest BCUT2D eigenvalue weighted by Crippen LogP contribution is -2.01. The first-order valence-corrected chi connectivity index (χ1v) is 5.84. The van der Waals surface area contributed by atoms with Crippen molar-refractivity contribution < 1.29 is 18.7 Å². The maximum atomic E-state index is 12.9. The lowest BCUT2D eigenvalue weighted by Gasteiger charge is -2.03. The molecule has 0 fully saturated rings. The first-order valence-electron chi connectivity index (χ1n) is 5.04. The van der Waals surface area contributed by atoms with Crippen molar-refractivity contribution in [3.63, 3.8) is 0 Å². The van der Waals surface area contributed by atoms with Crippen molar-refractivity contribution in [2.24, 2.45) is 0 Å². The quantitative estimate of drug-likeness (QED) is 0.619. The fourth-order valence-electron chi connectivity index (χ4n) is 1.05. The maximum Gasteiger partial charge on any atom is 0.330 e. The third-order valence-corrected chi connectivity index (χ3v) is 2.39. The molecule has 0 saturated carbocycles. The minimum absolute atomic E-state index is 0.219. The van der Waals surface area contributed by atoms with Crippen molar-refractivity contribution >= 4 is 21.9 Å². The zero-order chi connectivity index (χ0) is 12.7. The van der Waals surface area contributed by atoms with Crippen molar-refractivity contribution in [3.8, 4) is 5.75 Å². The number of hydrogen-bond acceptors (Lipinski definition) is 3. The average Bonchev–Trinajstić information content (AvgIpc) is 2.29. The van der Waals surface area contributed by atoms with Crippen LogP contribution in [0.3, 0.4) is 0 Å². The Morgan fingerprint density at radius 1 is 1.53 bits per heavy atom. The number of halogens is 2. The van der Waals surface area contributed by atoms with Gasteiger partial charge in [0.2, 0.25) is 0 Å². The Balaban J connectivity index is 2.40. The molecule has 0 aromatic heterocycles. The van der Waals surface area contributed by atoms with E-state index in [0.29, 0.717) is 16.8 Å². The first kappa shape index (κ1) is 13.7. The van der Waals surface area contributed by atoms with Crippen LogP contribution in [0.2, 0.25) is 0 Å². The van der Waals surface area contributed by atoms with Crippen LogP contribution in [0.1, 0.15) is 6.92 Å². The van der Waals surface area contributed by atoms with E-state index in [1.807, 2.05) is 0 Å². The van der Waals surface area contributed by atoms with Crippen LogP contribution in [-0.2, 0) is 9.53 Å². The van der Waals surface area contributed by atoms with Gasteiger partial charge >= 0.3 is 5.97 Å². The number of carbonyl (C=O) groups excluding carboxylic acids is 1. The Morgan fingerprint density at radius 3 is 2.94 bits per heavy atom. The molecule has 0 aliphatic rings. The van der Waals surface area contributed by atoms with Gasteiger partial charge in [-0.2, -0.15) is 0 Å². The largest absolute Gasteiger partial charge is 0.489 e. The van der Waals surface area contributed by atoms with Gasteiger partial charge in [0.1, 0.15) is 18.2 Å². The number of esters is 1. The summed E-state index contributed by atoms with van der Waals surface area (Å²) in [5.74, 6) is -0.234. The van der Waals surface area contributed by atoms with Gasteiger partial charge in [-0.15, -0.1) is 0 Å². The molecule has 5 heteroatoms. The highest BCUT2D eigenvalue weighted by molar-refractivity contribution is 9.10. The second-order valence-electron chi connectivity index (χ2n) is 3.04. The van der Waals surface area contributed by atoms with Crippen LogP contribution < -0.4 is 4.74 Å². The SMILES string of the molecule is CCOC(=O)/C=C/COc1ccc(F)c(Br)c1. The molecule has 0 bridgehead atoms. The lowest BCUT2D eigenvalue weighted by atomic mass is 10.3. The minimum atomic E-state index is -0.406. The van der Waals surface area contributed by atoms with Crippen LogP contribution in [0.4, 0.5) is 4.39 Å². The molecule has 0 N–H and O–H groups in total. The second kappa shape index (κ2) is 7.06. The number of hydrogen-bond donors (Lipinski definition) is 0. The van der Waals surface area contributed by atoms with Crippen LogP contribution in [0.15, 0.2) is 34.8 Å². The van der Waals surface area contributed by atoms with E-state index in [2.05, 4.69) is 15.9 Å². The van der Waals surface area contributed by atoms with E-state index >= 15 is 0 Å². The van der Waals surface area contributed by atoms with E-state index in [-0.39, 0.29) is 12.4 Å². The number of benzene rings is 1. The van der Waals surface area contributed by atoms with Gasteiger partial charge < -0.3 is 9.47 Å². The summed E-state index contributed by atoms with van der Waals surface area (Å²) in [7, 11) is 0. The van der Waals surface area contributed by atoms with E-state index in [9.17, 15) is 9.18 Å². The van der Waals surface area contributed by atoms with E-state index in [0.717, 1.165) is 0 Å². The van der Waals surface area contributed by atoms with Crippen molar-refractivity contribution in [2.45, 2.75) is 6.92 Å². The van der Waals surface area contributed by atoms with Gasteiger partial charge in [0.25, 0.3) is 0 Å². The molecule has 0 spiro atoms. The Bertz CT molecular complexity index is 418. The standard InChI is InChI=1S/C12H12BrFO3/c1-2-16-12(15)4-3-7-17-9-5-6-11(14)10(13)8-9/h3-6,8H,2,7H2,1H3/b4-3+. The van der Waals surface area contributed by atoms with Gasteiger partial charge in [0, 0.05) is 6.08 Å². The molecule has 0 saturated heterocycles. The monoisotopic (exact) mass is 302 g/mol. The fourth-order valence-corrected chi connectivity index (χ4v) is 1.40. The van der Waals surface area contributed by atoms with Crippen molar-refractivity contribution in [2.75, 3.05) is 13.2 Å². The topological polar surface area (TPSA) is 35.5 Å². The van der Waals surface area contributed by atoms with Crippen LogP contribution in [0.5, 0.6) is 5.75 Å². The highest BCUT2D eigenvalue weighted by atomic mass is 79.9. The van der Waals surface area contributed by atoms with Gasteiger partial charge in [0.15, 0.2) is 0 Å². The predicted molar refractivity (Wildman–Crippen MR) is 65.4 cm³/mol. The van der Waals surface area contributed by atoms with E-state index < -0.39 is 5.97 Å². The van der Waals surface area contributed by atoms with Crippen molar-refractivity contribution in [1.82, 2.24) is 0 Å². The molecule has 0 aliphatic carbocycles. The summed E-state index contributed by atoms with van der Waals surface area (Å²) >= 11 is 3.05. The average molecular weight is 303 g/mol. The second-order valence-corrected chi connectivity index (χ2v) is 3.90. The first-order chi connectivity index (χ1) is 8.13. The maximum absolute atomic E-state index is 12.9. The molecule has 17 heavy (non-hydrogen) atoms. The zero-order valence-electron chi connectivity index (χ0n) is 9.28. The highest BCUT2D eigenvalue weighted by Crippen LogP contribution is 2.21. The third-order valence-electron chi connectivity index (χ3n) is 1.78. The minimum Gasteiger partial charge on any atom is -0.489 e. The molecule has 0 radical (unpaired) electrons. The molecular weight excluding hydrogens is 291 g/mol. The summed E-state index contributed by atoms with van der Waals surface area (Å²) < 4.78 is 23.2. The lowest BCUT2D eigenvalue weighted by molar-refractivity contribution is -0.137. The third kappa shape index (κ3) is 4.99. The molecule has 0 heterocycles. The number of carbonyl (C=O) groups is 1. The molecule has 0 atom stereocenters. The predicted octanol–water partition coefficient (Wildman–Crippen LogP) is 3.09. The Kier molecular flexibility index (Phi) is 5.69. The van der Waals surface area contributed by atoms with Crippen LogP contribution >= 0.6 is 15.9 Å². The summed E-state index contributed by atoms with van der Waals surface area (Å²) in [5, 5.41) is 0. The molecule has 3 nitrogen and oxygen atoms in total. The summed E-state index contributed by atoms with van der Waals surface area (Å²) in [6, 6.07) is 4.33. The molecule has 0 unspecified atom stereocenters. The number of ether oxygens (including phenoxy) is 2. The smallest absolute Gasteiger partial charge is 0.330 e. The van der Waals surface area contributed by atoms with Crippen LogP contribution in [0.25, 0.3) is 0 Å². The van der Waals surface area contributed by atoms with Gasteiger partial charge in [0.05, 0.1) is 11.1 Å². The molecule has 1 rings (SSSR count). The van der Waals surface area contributed by atoms with Gasteiger partial charge in [-0.25, -0.2) is 9.18 Å². The van der Waals surface area contributed by atoms with E-state index in [1.54, 1.807) is 6.92 Å². The Morgan fingerprint density at radius 2 is 2.29 bits per heavy atom. The summed E-state index contributed by atoms with van der Waals surface area (Å²) in [6.45, 7) is 2.30. The molecule has 92 valence electrons. The van der Waals surface area contributed by atoms with Crippen LogP contribution in [-0.4, -0.2) is 19.2 Å². The molecule has 1 aromatic carbocycles. The summed E-state index contributed by atoms with van der Waals surface area (Å²) in [4.78, 5) is 10.9. The molecule has 1 aromatic rings. The summed E-state index contributed by atoms with van der Waals surface area (Å²) in [6.07, 6.45) is 2.83. The van der Waals surface area contributed by atoms with Gasteiger partial charge in [-0.05, 0) is 47.1 Å². The van der Waals surface area contributed by atoms with Gasteiger partial charge in [-0.3, -0.25) is 0 Å². The van der Waals surface area contributed by atoms with E-state index in [1.165, 1.54) is 30.4 Å². The molecule has 0 amide bonds. The Labute approximate surface area is 107 Å². The fraction of sp³-hybridized carbons (Fsp3) is 0.250. The van der Waals surface area contributed by atoms with Gasteiger partial charge in [-0.1, -0.05) is 0 Å². The molecular formula is C12H12BrFO3. The van der Waals surface area contributed by atoms with Crippen molar-refractivity contribution in [3.05, 3.63) is 40.6 Å².